The molecule has 0 aliphatic carbocycles. The molecule has 8 amide bonds. The van der Waals surface area contributed by atoms with Crippen LogP contribution in [0.15, 0.2) is 0 Å². The second kappa shape index (κ2) is 32.5. The molecule has 0 saturated heterocycles. The van der Waals surface area contributed by atoms with Crippen LogP contribution >= 0.6 is 23.2 Å². The highest BCUT2D eigenvalue weighted by molar-refractivity contribution is 6.53. The van der Waals surface area contributed by atoms with Crippen LogP contribution in [0.1, 0.15) is 92.9 Å². The summed E-state index contributed by atoms with van der Waals surface area (Å²) in [5.74, 6) is -26.1. The second-order valence-electron chi connectivity index (χ2n) is 17.4. The van der Waals surface area contributed by atoms with Crippen molar-refractivity contribution < 1.29 is 112 Å². The fourth-order valence-electron chi connectivity index (χ4n) is 6.53. The first-order valence-corrected chi connectivity index (χ1v) is 23.4. The molecule has 0 aromatic rings. The Balaban J connectivity index is 6.65. The molecule has 2 unspecified atom stereocenters. The van der Waals surface area contributed by atoms with Crippen molar-refractivity contribution in [1.29, 1.82) is 0 Å². The van der Waals surface area contributed by atoms with Gasteiger partial charge < -0.3 is 73.2 Å². The fraction of sp³-hybridized carbons (Fsp3) is 0.605. The number of hydrogen-bond acceptors (Lipinski definition) is 17. The Bertz CT molecular complexity index is 2090. The third-order valence-corrected chi connectivity index (χ3v) is 11.1. The van der Waals surface area contributed by atoms with Crippen LogP contribution in [0.4, 0.5) is 0 Å². The molecule has 33 heteroatoms. The summed E-state index contributed by atoms with van der Waals surface area (Å²) in [5, 5.41) is 67.5. The van der Waals surface area contributed by atoms with Crippen molar-refractivity contribution in [2.75, 3.05) is 0 Å². The fourth-order valence-corrected chi connectivity index (χ4v) is 7.15. The molecule has 14 N–H and O–H groups in total. The van der Waals surface area contributed by atoms with Gasteiger partial charge in [0.15, 0.2) is 28.1 Å². The molecule has 0 rings (SSSR count). The summed E-state index contributed by atoms with van der Waals surface area (Å²) in [5.41, 5.74) is 0. The number of carbonyl (C=O) groups is 17. The van der Waals surface area contributed by atoms with Crippen molar-refractivity contribution in [1.82, 2.24) is 42.5 Å². The van der Waals surface area contributed by atoms with Crippen LogP contribution in [0.3, 0.4) is 0 Å². The van der Waals surface area contributed by atoms with E-state index in [4.69, 9.17) is 23.2 Å². The van der Waals surface area contributed by atoms with E-state index in [1.54, 1.807) is 0 Å². The number of carbonyl (C=O) groups excluding carboxylic acids is 11. The predicted octanol–water partition coefficient (Wildman–Crippen LogP) is -4.23. The highest BCUT2D eigenvalue weighted by Crippen LogP contribution is 2.17. The number of carboxylic acid groups (broad SMARTS) is 6. The number of ketones is 3. The number of halogens is 2. The lowest BCUT2D eigenvalue weighted by atomic mass is 9.96. The molecule has 0 saturated carbocycles. The van der Waals surface area contributed by atoms with Gasteiger partial charge >= 0.3 is 35.8 Å². The van der Waals surface area contributed by atoms with Crippen molar-refractivity contribution in [3.05, 3.63) is 0 Å². The molecular formula is C43H60Cl2N8O23. The number of nitrogens with one attached hydrogen (secondary N) is 8. The van der Waals surface area contributed by atoms with E-state index in [1.807, 2.05) is 10.6 Å². The average Bonchev–Trinajstić information content (AvgIpc) is 3.28. The van der Waals surface area contributed by atoms with E-state index in [0.29, 0.717) is 0 Å². The van der Waals surface area contributed by atoms with Crippen LogP contribution in [0.2, 0.25) is 0 Å². The zero-order valence-corrected chi connectivity index (χ0v) is 43.0. The lowest BCUT2D eigenvalue weighted by molar-refractivity contribution is -0.143. The summed E-state index contributed by atoms with van der Waals surface area (Å²) >= 11 is 12.2. The molecule has 0 fully saturated rings. The second-order valence-corrected chi connectivity index (χ2v) is 18.3. The standard InChI is InChI=1S/C43H60Cl2N8O23/c1-15(2)33(52-38(71)19(7-9-25(56)57)48-40(73)23(13-29(64)65)46-17(5)54)42(75)50-21(11-27(60)61)35(68)31(44)37(70)32(45)36(69)22(12-28(62)63)51-43(76)34(16(3)4)53-39(72)20(8-10-26(58)59)49-41(74)24(14-30(66)67)47-18(6)55/h15-16,19-24,31-34H,7-14H2,1-6H3,(H,46,54)(H,47,55)(H,48,73)(H,49,74)(H,50,75)(H,51,76)(H,52,71)(H,53,72)(H,56,57)(H,58,59)(H,60,61)(H,62,63)(H,64,65)(H,66,67)/t19-,20-,21-,22-,23-,24-,31?,32?,33-,34-/m0/s1. The number of aliphatic carboxylic acids is 6. The molecular weight excluding hydrogens is 1070 g/mol. The van der Waals surface area contributed by atoms with Crippen molar-refractivity contribution in [3.63, 3.8) is 0 Å². The van der Waals surface area contributed by atoms with Gasteiger partial charge in [-0.2, -0.15) is 0 Å². The predicted molar refractivity (Wildman–Crippen MR) is 254 cm³/mol. The minimum absolute atomic E-state index is 0.667. The Morgan fingerprint density at radius 2 is 0.579 bits per heavy atom. The van der Waals surface area contributed by atoms with Crippen molar-refractivity contribution >= 4 is 124 Å². The summed E-state index contributed by atoms with van der Waals surface area (Å²) in [6.07, 6.45) is -7.51. The Morgan fingerprint density at radius 3 is 0.816 bits per heavy atom. The van der Waals surface area contributed by atoms with Gasteiger partial charge in [0.2, 0.25) is 47.3 Å². The maximum Gasteiger partial charge on any atom is 0.305 e. The van der Waals surface area contributed by atoms with Gasteiger partial charge in [0, 0.05) is 26.7 Å². The lowest BCUT2D eigenvalue weighted by Crippen LogP contribution is -2.60. The summed E-state index contributed by atoms with van der Waals surface area (Å²) in [6.45, 7) is 7.18. The number of hydrogen-bond donors (Lipinski definition) is 14. The van der Waals surface area contributed by atoms with Gasteiger partial charge in [0.05, 0.1) is 25.7 Å². The van der Waals surface area contributed by atoms with E-state index in [-0.39, 0.29) is 0 Å². The van der Waals surface area contributed by atoms with E-state index in [1.165, 1.54) is 27.7 Å². The van der Waals surface area contributed by atoms with Gasteiger partial charge in [-0.1, -0.05) is 27.7 Å². The molecule has 76 heavy (non-hydrogen) atoms. The number of Topliss-reactive ketones (excluding diaryl/α,β-unsaturated/α-hetero) is 3. The molecule has 0 bridgehead atoms. The van der Waals surface area contributed by atoms with Crippen molar-refractivity contribution in [2.24, 2.45) is 11.8 Å². The first-order chi connectivity index (χ1) is 35.0. The first kappa shape index (κ1) is 68.2. The highest BCUT2D eigenvalue weighted by Gasteiger charge is 2.43. The summed E-state index contributed by atoms with van der Waals surface area (Å²) in [7, 11) is 0. The molecule has 10 atom stereocenters. The molecule has 31 nitrogen and oxygen atoms in total. The molecule has 0 aromatic heterocycles. The monoisotopic (exact) mass is 1130 g/mol. The molecule has 424 valence electrons. The Kier molecular flexibility index (Phi) is 29.1. The molecule has 0 spiro atoms. The minimum Gasteiger partial charge on any atom is -0.481 e. The maximum atomic E-state index is 13.7. The van der Waals surface area contributed by atoms with Gasteiger partial charge in [0.1, 0.15) is 48.3 Å². The summed E-state index contributed by atoms with van der Waals surface area (Å²) in [6, 6.07) is -15.2. The number of rotatable bonds is 36. The molecule has 0 aromatic carbocycles. The number of carboxylic acids is 6. The van der Waals surface area contributed by atoms with Crippen LogP contribution < -0.4 is 42.5 Å². The van der Waals surface area contributed by atoms with E-state index >= 15 is 0 Å². The Hall–Kier alpha value is -7.83. The van der Waals surface area contributed by atoms with Crippen LogP contribution in [0.5, 0.6) is 0 Å². The quantitative estimate of drug-likeness (QED) is 0.0209. The summed E-state index contributed by atoms with van der Waals surface area (Å²) in [4.78, 5) is 213. The first-order valence-electron chi connectivity index (χ1n) is 22.6. The SMILES string of the molecule is CC(=O)N[C@@H](CC(=O)O)C(=O)N[C@@H](CCC(=O)O)C(=O)N[C@H](C(=O)N[C@@H](CC(=O)O)C(=O)C(Cl)C(=O)C(Cl)C(=O)[C@H](CC(=O)O)NC(=O)[C@@H](NC(=O)[C@H](CCC(=O)O)NC(=O)[C@H](CC(=O)O)NC(C)=O)C(C)C)C(C)C. The summed E-state index contributed by atoms with van der Waals surface area (Å²) < 4.78 is 0. The van der Waals surface area contributed by atoms with Crippen LogP contribution in [0, 0.1) is 11.8 Å². The normalized spacial score (nSPS) is 14.9. The molecule has 0 aliphatic heterocycles. The minimum atomic E-state index is -2.62. The van der Waals surface area contributed by atoms with E-state index in [0.717, 1.165) is 13.8 Å². The third kappa shape index (κ3) is 24.9. The number of amides is 8. The van der Waals surface area contributed by atoms with E-state index in [9.17, 15) is 112 Å². The Morgan fingerprint density at radius 1 is 0.329 bits per heavy atom. The van der Waals surface area contributed by atoms with Crippen LogP contribution in [-0.2, 0) is 81.5 Å². The van der Waals surface area contributed by atoms with Gasteiger partial charge in [0.25, 0.3) is 0 Å². The zero-order valence-electron chi connectivity index (χ0n) is 41.5. The third-order valence-electron chi connectivity index (χ3n) is 10.3. The van der Waals surface area contributed by atoms with Crippen LogP contribution in [0.25, 0.3) is 0 Å². The molecule has 0 heterocycles. The Labute approximate surface area is 441 Å². The zero-order chi connectivity index (χ0) is 59.1. The van der Waals surface area contributed by atoms with E-state index in [2.05, 4.69) is 31.9 Å². The van der Waals surface area contributed by atoms with E-state index < -0.39 is 223 Å². The highest BCUT2D eigenvalue weighted by atomic mass is 35.5. The lowest BCUT2D eigenvalue weighted by Gasteiger charge is -2.28. The largest absolute Gasteiger partial charge is 0.481 e. The van der Waals surface area contributed by atoms with Gasteiger partial charge in [-0.3, -0.25) is 81.5 Å². The van der Waals surface area contributed by atoms with Gasteiger partial charge in [-0.25, -0.2) is 0 Å². The van der Waals surface area contributed by atoms with Crippen LogP contribution in [-0.4, -0.2) is 190 Å². The van der Waals surface area contributed by atoms with Crippen molar-refractivity contribution in [2.45, 2.75) is 152 Å². The smallest absolute Gasteiger partial charge is 0.305 e. The topological polar surface area (TPSA) is 508 Å². The molecule has 0 radical (unpaired) electrons. The van der Waals surface area contributed by atoms with Gasteiger partial charge in [-0.05, 0) is 24.7 Å². The number of alkyl halides is 2. The van der Waals surface area contributed by atoms with Crippen molar-refractivity contribution in [3.8, 4) is 0 Å². The molecule has 0 aliphatic rings. The van der Waals surface area contributed by atoms with Gasteiger partial charge in [-0.15, -0.1) is 23.2 Å². The maximum absolute atomic E-state index is 13.7. The average molecular weight is 1130 g/mol.